The summed E-state index contributed by atoms with van der Waals surface area (Å²) in [6.45, 7) is 10.6. The van der Waals surface area contributed by atoms with E-state index in [0.717, 1.165) is 25.7 Å². The van der Waals surface area contributed by atoms with Crippen molar-refractivity contribution in [2.75, 3.05) is 0 Å². The molecule has 0 amide bonds. The van der Waals surface area contributed by atoms with Gasteiger partial charge in [0.2, 0.25) is 0 Å². The second-order valence-electron chi connectivity index (χ2n) is 14.2. The smallest absolute Gasteiger partial charge is 0.181 e. The number of sulfone groups is 1. The topological polar surface area (TPSA) is 74.6 Å². The van der Waals surface area contributed by atoms with Crippen LogP contribution in [0.4, 0.5) is 0 Å². The molecule has 4 aliphatic rings. The van der Waals surface area contributed by atoms with Crippen molar-refractivity contribution in [2.45, 2.75) is 114 Å². The molecule has 1 aromatic carbocycles. The average Bonchev–Trinajstić information content (AvgIpc) is 3.21. The first-order valence-electron chi connectivity index (χ1n) is 14.9. The summed E-state index contributed by atoms with van der Waals surface area (Å²) >= 11 is 0. The summed E-state index contributed by atoms with van der Waals surface area (Å²) in [5.41, 5.74) is 2.37. The summed E-state index contributed by atoms with van der Waals surface area (Å²) in [6, 6.07) is 8.78. The lowest BCUT2D eigenvalue weighted by molar-refractivity contribution is 0.0301. The molecular weight excluding hydrogens is 492 g/mol. The largest absolute Gasteiger partial charge is 0.393 e. The lowest BCUT2D eigenvalue weighted by Gasteiger charge is -2.55. The number of hydrogen-bond donors (Lipinski definition) is 2. The van der Waals surface area contributed by atoms with Gasteiger partial charge in [-0.1, -0.05) is 62.3 Å². The van der Waals surface area contributed by atoms with Crippen molar-refractivity contribution < 1.29 is 18.6 Å². The third-order valence-corrected chi connectivity index (χ3v) is 13.3. The Morgan fingerprint density at radius 3 is 2.39 bits per heavy atom. The molecule has 0 aromatic heterocycles. The van der Waals surface area contributed by atoms with Crippen LogP contribution in [0.5, 0.6) is 0 Å². The maximum atomic E-state index is 13.8. The Labute approximate surface area is 230 Å². The van der Waals surface area contributed by atoms with Crippen LogP contribution in [0.15, 0.2) is 58.5 Å². The van der Waals surface area contributed by atoms with Gasteiger partial charge in [0.15, 0.2) is 9.84 Å². The van der Waals surface area contributed by atoms with Gasteiger partial charge in [0, 0.05) is 0 Å². The summed E-state index contributed by atoms with van der Waals surface area (Å²) in [5.74, 6) is 1.84. The second kappa shape index (κ2) is 9.89. The van der Waals surface area contributed by atoms with Crippen molar-refractivity contribution in [3.63, 3.8) is 0 Å². The Balaban J connectivity index is 1.39. The van der Waals surface area contributed by atoms with Crippen molar-refractivity contribution in [2.24, 2.45) is 34.5 Å². The van der Waals surface area contributed by atoms with Gasteiger partial charge < -0.3 is 10.2 Å². The van der Waals surface area contributed by atoms with Crippen molar-refractivity contribution >= 4 is 9.84 Å². The SMILES string of the molecule is C[C@H](CC(CC(C)(C)O)S(=O)(=O)c1ccccc1)[C@H]1CC[C@H]2C3=CC=C4C[C@@H](O)CC[C@]4(C)[C@H]3CC[C@]12C. The third-order valence-electron chi connectivity index (χ3n) is 11.2. The molecule has 0 saturated heterocycles. The van der Waals surface area contributed by atoms with E-state index in [1.165, 1.54) is 24.8 Å². The third kappa shape index (κ3) is 4.86. The number of fused-ring (bicyclic) bond motifs is 5. The highest BCUT2D eigenvalue weighted by Gasteiger charge is 2.57. The van der Waals surface area contributed by atoms with E-state index in [1.807, 2.05) is 6.07 Å². The molecule has 3 saturated carbocycles. The molecular formula is C33H48O4S. The fourth-order valence-electron chi connectivity index (χ4n) is 9.22. The molecule has 8 atom stereocenters. The lowest BCUT2D eigenvalue weighted by atomic mass is 9.50. The van der Waals surface area contributed by atoms with Crippen molar-refractivity contribution in [1.29, 1.82) is 0 Å². The highest BCUT2D eigenvalue weighted by atomic mass is 32.2. The minimum atomic E-state index is -3.55. The second-order valence-corrected chi connectivity index (χ2v) is 16.4. The van der Waals surface area contributed by atoms with Crippen LogP contribution < -0.4 is 0 Å². The van der Waals surface area contributed by atoms with Crippen LogP contribution in [0.2, 0.25) is 0 Å². The van der Waals surface area contributed by atoms with Crippen LogP contribution in [0.25, 0.3) is 0 Å². The van der Waals surface area contributed by atoms with Gasteiger partial charge in [-0.25, -0.2) is 8.42 Å². The molecule has 1 aromatic rings. The van der Waals surface area contributed by atoms with E-state index >= 15 is 0 Å². The molecule has 5 heteroatoms. The van der Waals surface area contributed by atoms with Crippen molar-refractivity contribution in [3.8, 4) is 0 Å². The molecule has 2 N–H and O–H groups in total. The van der Waals surface area contributed by atoms with Crippen LogP contribution in [0.1, 0.15) is 92.4 Å². The quantitative estimate of drug-likeness (QED) is 0.395. The lowest BCUT2D eigenvalue weighted by Crippen LogP contribution is -2.46. The molecule has 0 radical (unpaired) electrons. The monoisotopic (exact) mass is 540 g/mol. The van der Waals surface area contributed by atoms with Crippen LogP contribution in [0, 0.1) is 34.5 Å². The number of rotatable bonds is 7. The summed E-state index contributed by atoms with van der Waals surface area (Å²) in [5, 5.41) is 20.4. The first kappa shape index (κ1) is 28.1. The predicted molar refractivity (Wildman–Crippen MR) is 153 cm³/mol. The first-order chi connectivity index (χ1) is 17.8. The highest BCUT2D eigenvalue weighted by Crippen LogP contribution is 2.66. The van der Waals surface area contributed by atoms with Gasteiger partial charge in [0.1, 0.15) is 0 Å². The molecule has 38 heavy (non-hydrogen) atoms. The van der Waals surface area contributed by atoms with E-state index in [2.05, 4.69) is 32.9 Å². The number of allylic oxidation sites excluding steroid dienone is 3. The summed E-state index contributed by atoms with van der Waals surface area (Å²) in [4.78, 5) is 0.360. The number of aliphatic hydroxyl groups is 2. The van der Waals surface area contributed by atoms with E-state index < -0.39 is 20.7 Å². The molecule has 0 aliphatic heterocycles. The van der Waals surface area contributed by atoms with Gasteiger partial charge in [-0.05, 0) is 118 Å². The van der Waals surface area contributed by atoms with Gasteiger partial charge in [0.05, 0.1) is 21.9 Å². The Bertz CT molecular complexity index is 1190. The van der Waals surface area contributed by atoms with Gasteiger partial charge in [-0.3, -0.25) is 0 Å². The highest BCUT2D eigenvalue weighted by molar-refractivity contribution is 7.92. The molecule has 0 bridgehead atoms. The number of benzene rings is 1. The standard InChI is InChI=1S/C33H48O4S/c1-22(19-26(21-31(2,3)35)38(36,37)25-9-7-6-8-10-25)28-13-14-29-27-12-11-23-20-24(34)15-17-32(23,4)30(27)16-18-33(28,29)5/h6-12,22,24,26,28-30,34-35H,13-21H2,1-5H3/t22-,24+,26?,28-,29+,30+,32+,33-/m1/s1. The Kier molecular flexibility index (Phi) is 7.31. The first-order valence-corrected chi connectivity index (χ1v) is 16.4. The zero-order valence-electron chi connectivity index (χ0n) is 24.0. The zero-order valence-corrected chi connectivity index (χ0v) is 24.8. The van der Waals surface area contributed by atoms with E-state index in [9.17, 15) is 18.6 Å². The summed E-state index contributed by atoms with van der Waals surface area (Å²) in [7, 11) is -3.55. The normalized spacial score (nSPS) is 36.8. The zero-order chi connectivity index (χ0) is 27.5. The molecule has 210 valence electrons. The number of aliphatic hydroxyl groups excluding tert-OH is 1. The minimum absolute atomic E-state index is 0.174. The van der Waals surface area contributed by atoms with Crippen LogP contribution in [-0.4, -0.2) is 35.6 Å². The molecule has 5 rings (SSSR count). The minimum Gasteiger partial charge on any atom is -0.393 e. The van der Waals surface area contributed by atoms with Crippen molar-refractivity contribution in [1.82, 2.24) is 0 Å². The van der Waals surface area contributed by atoms with Crippen LogP contribution in [0.3, 0.4) is 0 Å². The maximum absolute atomic E-state index is 13.8. The van der Waals surface area contributed by atoms with Gasteiger partial charge >= 0.3 is 0 Å². The molecule has 0 spiro atoms. The number of hydrogen-bond acceptors (Lipinski definition) is 4. The van der Waals surface area contributed by atoms with Gasteiger partial charge in [0.25, 0.3) is 0 Å². The molecule has 1 unspecified atom stereocenters. The molecule has 3 fully saturated rings. The maximum Gasteiger partial charge on any atom is 0.181 e. The molecule has 4 aliphatic carbocycles. The van der Waals surface area contributed by atoms with Crippen LogP contribution in [-0.2, 0) is 9.84 Å². The van der Waals surface area contributed by atoms with E-state index in [0.29, 0.717) is 29.1 Å². The molecule has 0 heterocycles. The Morgan fingerprint density at radius 2 is 1.71 bits per heavy atom. The Morgan fingerprint density at radius 1 is 1.00 bits per heavy atom. The summed E-state index contributed by atoms with van der Waals surface area (Å²) in [6.07, 6.45) is 12.8. The summed E-state index contributed by atoms with van der Waals surface area (Å²) < 4.78 is 27.5. The predicted octanol–water partition coefficient (Wildman–Crippen LogP) is 6.88. The van der Waals surface area contributed by atoms with Gasteiger partial charge in [-0.15, -0.1) is 0 Å². The molecule has 4 nitrogen and oxygen atoms in total. The fraction of sp³-hybridized carbons (Fsp3) is 0.697. The Hall–Kier alpha value is -1.43. The van der Waals surface area contributed by atoms with Gasteiger partial charge in [-0.2, -0.15) is 0 Å². The average molecular weight is 541 g/mol. The van der Waals surface area contributed by atoms with E-state index in [1.54, 1.807) is 43.7 Å². The fourth-order valence-corrected chi connectivity index (χ4v) is 11.3. The van der Waals surface area contributed by atoms with E-state index in [-0.39, 0.29) is 29.3 Å². The van der Waals surface area contributed by atoms with Crippen LogP contribution >= 0.6 is 0 Å². The van der Waals surface area contributed by atoms with E-state index in [4.69, 9.17) is 0 Å². The van der Waals surface area contributed by atoms with Crippen molar-refractivity contribution in [3.05, 3.63) is 53.6 Å².